The van der Waals surface area contributed by atoms with Crippen molar-refractivity contribution in [3.8, 4) is 17.0 Å². The fourth-order valence-corrected chi connectivity index (χ4v) is 5.58. The highest BCUT2D eigenvalue weighted by Crippen LogP contribution is 2.42. The molecule has 0 radical (unpaired) electrons. The SMILES string of the molecule is CC=CN1CC[C@H]1COc1c(N)ncnc1-c1cc(F)cc(N2CCc3cc(C4CC4)ccc3C2=O)c1CO. The van der Waals surface area contributed by atoms with Crippen molar-refractivity contribution in [1.29, 1.82) is 0 Å². The average Bonchev–Trinajstić information content (AvgIpc) is 3.77. The Hall–Kier alpha value is -3.98. The van der Waals surface area contributed by atoms with Gasteiger partial charge in [-0.25, -0.2) is 14.4 Å². The summed E-state index contributed by atoms with van der Waals surface area (Å²) in [6.45, 7) is 3.22. The lowest BCUT2D eigenvalue weighted by Crippen LogP contribution is -2.47. The highest BCUT2D eigenvalue weighted by atomic mass is 19.1. The number of aromatic nitrogens is 2. The van der Waals surface area contributed by atoms with Gasteiger partial charge >= 0.3 is 0 Å². The van der Waals surface area contributed by atoms with E-state index >= 15 is 4.39 Å². The molecule has 2 fully saturated rings. The molecule has 1 saturated carbocycles. The molecule has 1 aromatic heterocycles. The van der Waals surface area contributed by atoms with Gasteiger partial charge in [0.2, 0.25) is 0 Å². The molecule has 0 spiro atoms. The number of nitrogens with zero attached hydrogens (tertiary/aromatic N) is 4. The van der Waals surface area contributed by atoms with Gasteiger partial charge in [-0.15, -0.1) is 0 Å². The Morgan fingerprint density at radius 3 is 2.72 bits per heavy atom. The van der Waals surface area contributed by atoms with Crippen LogP contribution in [0.4, 0.5) is 15.9 Å². The molecule has 0 unspecified atom stereocenters. The van der Waals surface area contributed by atoms with Gasteiger partial charge in [0.05, 0.1) is 18.3 Å². The number of allylic oxidation sites excluding steroid dienone is 1. The van der Waals surface area contributed by atoms with E-state index in [9.17, 15) is 9.90 Å². The summed E-state index contributed by atoms with van der Waals surface area (Å²) in [7, 11) is 0. The summed E-state index contributed by atoms with van der Waals surface area (Å²) in [6, 6.07) is 8.81. The number of hydrogen-bond donors (Lipinski definition) is 2. The molecule has 0 bridgehead atoms. The number of carbonyl (C=O) groups excluding carboxylic acids is 1. The normalized spacial score (nSPS) is 18.8. The maximum Gasteiger partial charge on any atom is 0.258 e. The number of nitrogen functional groups attached to an aromatic ring is 1. The lowest BCUT2D eigenvalue weighted by Gasteiger charge is -2.40. The van der Waals surface area contributed by atoms with Crippen molar-refractivity contribution in [3.63, 3.8) is 0 Å². The largest absolute Gasteiger partial charge is 0.485 e. The van der Waals surface area contributed by atoms with Crippen LogP contribution in [0.5, 0.6) is 5.75 Å². The number of rotatable bonds is 8. The number of amides is 1. The van der Waals surface area contributed by atoms with E-state index in [0.29, 0.717) is 47.9 Å². The first-order valence-corrected chi connectivity index (χ1v) is 13.5. The number of carbonyl (C=O) groups is 1. The maximum absolute atomic E-state index is 15.2. The zero-order chi connectivity index (χ0) is 27.1. The molecule has 3 aromatic rings. The summed E-state index contributed by atoms with van der Waals surface area (Å²) < 4.78 is 21.3. The van der Waals surface area contributed by atoms with Crippen LogP contribution in [0, 0.1) is 5.82 Å². The van der Waals surface area contributed by atoms with E-state index in [-0.39, 0.29) is 29.2 Å². The first-order chi connectivity index (χ1) is 19.0. The van der Waals surface area contributed by atoms with Crippen molar-refractivity contribution in [2.24, 2.45) is 0 Å². The quantitative estimate of drug-likeness (QED) is 0.445. The van der Waals surface area contributed by atoms with Crippen LogP contribution in [0.25, 0.3) is 11.3 Å². The number of halogens is 1. The van der Waals surface area contributed by atoms with Gasteiger partial charge in [-0.2, -0.15) is 0 Å². The fourth-order valence-electron chi connectivity index (χ4n) is 5.58. The molecular formula is C30H32FN5O3. The van der Waals surface area contributed by atoms with E-state index in [1.807, 2.05) is 31.3 Å². The first-order valence-electron chi connectivity index (χ1n) is 13.5. The molecular weight excluding hydrogens is 497 g/mol. The van der Waals surface area contributed by atoms with Crippen molar-refractivity contribution in [2.45, 2.75) is 51.2 Å². The Bertz CT molecular complexity index is 1450. The second-order valence-electron chi connectivity index (χ2n) is 10.4. The summed E-state index contributed by atoms with van der Waals surface area (Å²) in [4.78, 5) is 25.8. The summed E-state index contributed by atoms with van der Waals surface area (Å²) in [5.74, 6) is 0.196. The summed E-state index contributed by atoms with van der Waals surface area (Å²) in [6.07, 6.45) is 9.30. The molecule has 1 saturated heterocycles. The van der Waals surface area contributed by atoms with Crippen LogP contribution in [0.3, 0.4) is 0 Å². The Kier molecular flexibility index (Phi) is 6.68. The summed E-state index contributed by atoms with van der Waals surface area (Å²) in [5, 5.41) is 10.5. The minimum atomic E-state index is -0.554. The van der Waals surface area contributed by atoms with Crippen LogP contribution in [0.2, 0.25) is 0 Å². The molecule has 39 heavy (non-hydrogen) atoms. The van der Waals surface area contributed by atoms with Crippen LogP contribution < -0.4 is 15.4 Å². The Morgan fingerprint density at radius 2 is 2.00 bits per heavy atom. The van der Waals surface area contributed by atoms with Gasteiger partial charge < -0.3 is 25.4 Å². The predicted molar refractivity (Wildman–Crippen MR) is 147 cm³/mol. The second kappa shape index (κ2) is 10.3. The smallest absolute Gasteiger partial charge is 0.258 e. The third-order valence-electron chi connectivity index (χ3n) is 7.94. The number of nitrogens with two attached hydrogens (primary N) is 1. The molecule has 3 N–H and O–H groups in total. The van der Waals surface area contributed by atoms with Crippen molar-refractivity contribution in [3.05, 3.63) is 77.0 Å². The molecule has 3 aliphatic rings. The number of likely N-dealkylation sites (tertiary alicyclic amines) is 1. The van der Waals surface area contributed by atoms with Crippen molar-refractivity contribution < 1.29 is 19.0 Å². The highest BCUT2D eigenvalue weighted by Gasteiger charge is 2.32. The number of hydrogen-bond acceptors (Lipinski definition) is 7. The van der Waals surface area contributed by atoms with Gasteiger partial charge in [-0.1, -0.05) is 18.2 Å². The molecule has 1 amide bonds. The van der Waals surface area contributed by atoms with Crippen LogP contribution >= 0.6 is 0 Å². The number of anilines is 2. The summed E-state index contributed by atoms with van der Waals surface area (Å²) >= 11 is 0. The number of aliphatic hydroxyl groups is 1. The van der Waals surface area contributed by atoms with Crippen molar-refractivity contribution >= 4 is 17.4 Å². The number of aliphatic hydroxyl groups excluding tert-OH is 1. The van der Waals surface area contributed by atoms with Gasteiger partial charge in [0.25, 0.3) is 5.91 Å². The first kappa shape index (κ1) is 25.3. The van der Waals surface area contributed by atoms with Gasteiger partial charge in [0.1, 0.15) is 24.4 Å². The van der Waals surface area contributed by atoms with Crippen LogP contribution in [-0.2, 0) is 13.0 Å². The standard InChI is InChI=1S/C30H32FN5O3/c1-2-9-35-10-8-22(35)16-39-28-27(33-17-34-29(28)32)24-13-21(31)14-26(25(24)15-37)36-11-7-20-12-19(18-3-4-18)5-6-23(20)30(36)38/h2,5-6,9,12-14,17-18,22,37H,3-4,7-8,10-11,15-16H2,1H3,(H2,32,33,34)/t22-/m0/s1. The molecule has 1 atom stereocenters. The van der Waals surface area contributed by atoms with Crippen LogP contribution in [0.1, 0.15) is 59.2 Å². The van der Waals surface area contributed by atoms with Gasteiger partial charge in [-0.05, 0) is 74.1 Å². The van der Waals surface area contributed by atoms with E-state index < -0.39 is 12.4 Å². The molecule has 8 nitrogen and oxygen atoms in total. The van der Waals surface area contributed by atoms with E-state index in [1.165, 1.54) is 36.9 Å². The zero-order valence-corrected chi connectivity index (χ0v) is 21.9. The van der Waals surface area contributed by atoms with E-state index in [1.54, 1.807) is 4.90 Å². The molecule has 9 heteroatoms. The zero-order valence-electron chi connectivity index (χ0n) is 21.9. The van der Waals surface area contributed by atoms with Crippen LogP contribution in [0.15, 0.2) is 48.9 Å². The molecule has 202 valence electrons. The third-order valence-corrected chi connectivity index (χ3v) is 7.94. The second-order valence-corrected chi connectivity index (χ2v) is 10.4. The van der Waals surface area contributed by atoms with Crippen molar-refractivity contribution in [2.75, 3.05) is 30.3 Å². The Balaban J connectivity index is 1.35. The van der Waals surface area contributed by atoms with Gasteiger partial charge in [-0.3, -0.25) is 4.79 Å². The molecule has 2 aromatic carbocycles. The number of ether oxygens (including phenoxy) is 1. The monoisotopic (exact) mass is 529 g/mol. The van der Waals surface area contributed by atoms with E-state index in [4.69, 9.17) is 10.5 Å². The third kappa shape index (κ3) is 4.71. The van der Waals surface area contributed by atoms with E-state index in [2.05, 4.69) is 20.9 Å². The summed E-state index contributed by atoms with van der Waals surface area (Å²) in [5.41, 5.74) is 10.4. The van der Waals surface area contributed by atoms with E-state index in [0.717, 1.165) is 18.5 Å². The number of benzene rings is 2. The Labute approximate surface area is 226 Å². The topological polar surface area (TPSA) is 105 Å². The maximum atomic E-state index is 15.2. The minimum absolute atomic E-state index is 0.126. The minimum Gasteiger partial charge on any atom is -0.485 e. The predicted octanol–water partition coefficient (Wildman–Crippen LogP) is 4.42. The lowest BCUT2D eigenvalue weighted by atomic mass is 9.93. The molecule has 1 aliphatic carbocycles. The average molecular weight is 530 g/mol. The van der Waals surface area contributed by atoms with Crippen molar-refractivity contribution in [1.82, 2.24) is 14.9 Å². The van der Waals surface area contributed by atoms with Gasteiger partial charge in [0.15, 0.2) is 11.6 Å². The van der Waals surface area contributed by atoms with Crippen LogP contribution in [-0.4, -0.2) is 51.6 Å². The lowest BCUT2D eigenvalue weighted by molar-refractivity contribution is 0.0972. The number of fused-ring (bicyclic) bond motifs is 1. The molecule has 2 aliphatic heterocycles. The highest BCUT2D eigenvalue weighted by molar-refractivity contribution is 6.09. The van der Waals surface area contributed by atoms with Gasteiger partial charge in [0, 0.05) is 29.8 Å². The fraction of sp³-hybridized carbons (Fsp3) is 0.367. The Morgan fingerprint density at radius 1 is 1.15 bits per heavy atom. The molecule has 3 heterocycles. The molecule has 6 rings (SSSR count).